The Balaban J connectivity index is 2.42. The molecule has 5 nitrogen and oxygen atoms in total. The van der Waals surface area contributed by atoms with Gasteiger partial charge in [-0.2, -0.15) is 13.2 Å². The van der Waals surface area contributed by atoms with Gasteiger partial charge in [-0.25, -0.2) is 4.98 Å². The van der Waals surface area contributed by atoms with Crippen molar-refractivity contribution in [1.82, 2.24) is 20.5 Å². The molecule has 0 aliphatic heterocycles. The van der Waals surface area contributed by atoms with Crippen LogP contribution in [0.2, 0.25) is 0 Å². The molecule has 2 N–H and O–H groups in total. The summed E-state index contributed by atoms with van der Waals surface area (Å²) in [5, 5.41) is 7.79. The Labute approximate surface area is 99.6 Å². The van der Waals surface area contributed by atoms with Crippen LogP contribution in [0.15, 0.2) is 5.16 Å². The molecule has 1 aromatic rings. The zero-order valence-corrected chi connectivity index (χ0v) is 9.95. The van der Waals surface area contributed by atoms with E-state index in [0.717, 1.165) is 11.8 Å². The van der Waals surface area contributed by atoms with Crippen molar-refractivity contribution in [3.63, 3.8) is 0 Å². The molecule has 0 spiro atoms. The Morgan fingerprint density at radius 2 is 2.24 bits per heavy atom. The summed E-state index contributed by atoms with van der Waals surface area (Å²) in [6, 6.07) is 0. The highest BCUT2D eigenvalue weighted by Gasteiger charge is 2.29. The van der Waals surface area contributed by atoms with Crippen LogP contribution in [0.3, 0.4) is 0 Å². The Morgan fingerprint density at radius 3 is 2.71 bits per heavy atom. The van der Waals surface area contributed by atoms with E-state index in [-0.39, 0.29) is 0 Å². The molecule has 9 heteroatoms. The van der Waals surface area contributed by atoms with E-state index >= 15 is 0 Å². The first-order valence-corrected chi connectivity index (χ1v) is 5.56. The SMILES string of the molecule is Cc1nc(SC(C)C(=O)NCC(F)(F)F)n[nH]1. The minimum Gasteiger partial charge on any atom is -0.346 e. The second-order valence-electron chi connectivity index (χ2n) is 3.30. The molecule has 0 saturated carbocycles. The average Bonchev–Trinajstić information content (AvgIpc) is 2.59. The minimum atomic E-state index is -4.40. The van der Waals surface area contributed by atoms with Gasteiger partial charge in [0, 0.05) is 0 Å². The molecule has 0 fully saturated rings. The number of alkyl halides is 3. The summed E-state index contributed by atoms with van der Waals surface area (Å²) in [5.41, 5.74) is 0. The van der Waals surface area contributed by atoms with Crippen LogP contribution in [0.25, 0.3) is 0 Å². The van der Waals surface area contributed by atoms with Crippen molar-refractivity contribution in [2.75, 3.05) is 6.54 Å². The van der Waals surface area contributed by atoms with Gasteiger partial charge in [0.15, 0.2) is 0 Å². The number of amides is 1. The number of thioether (sulfide) groups is 1. The van der Waals surface area contributed by atoms with Crippen LogP contribution in [-0.4, -0.2) is 39.1 Å². The number of halogens is 3. The van der Waals surface area contributed by atoms with Gasteiger partial charge in [0.05, 0.1) is 5.25 Å². The zero-order chi connectivity index (χ0) is 13.1. The molecule has 1 rings (SSSR count). The smallest absolute Gasteiger partial charge is 0.346 e. The van der Waals surface area contributed by atoms with E-state index in [4.69, 9.17) is 0 Å². The molecule has 1 aromatic heterocycles. The lowest BCUT2D eigenvalue weighted by molar-refractivity contribution is -0.137. The van der Waals surface area contributed by atoms with Crippen molar-refractivity contribution in [3.8, 4) is 0 Å². The number of nitrogens with zero attached hydrogens (tertiary/aromatic N) is 2. The topological polar surface area (TPSA) is 70.7 Å². The highest BCUT2D eigenvalue weighted by molar-refractivity contribution is 8.00. The summed E-state index contributed by atoms with van der Waals surface area (Å²) in [6.45, 7) is 1.84. The van der Waals surface area contributed by atoms with E-state index in [1.807, 2.05) is 0 Å². The van der Waals surface area contributed by atoms with Gasteiger partial charge in [0.25, 0.3) is 0 Å². The van der Waals surface area contributed by atoms with Gasteiger partial charge in [-0.05, 0) is 13.8 Å². The highest BCUT2D eigenvalue weighted by Crippen LogP contribution is 2.19. The van der Waals surface area contributed by atoms with E-state index in [9.17, 15) is 18.0 Å². The zero-order valence-electron chi connectivity index (χ0n) is 9.13. The molecule has 0 aliphatic carbocycles. The molecule has 0 aliphatic rings. The van der Waals surface area contributed by atoms with E-state index in [2.05, 4.69) is 15.2 Å². The fourth-order valence-electron chi connectivity index (χ4n) is 0.918. The number of nitrogens with one attached hydrogen (secondary N) is 2. The molecular weight excluding hydrogens is 257 g/mol. The monoisotopic (exact) mass is 268 g/mol. The molecule has 0 radical (unpaired) electrons. The van der Waals surface area contributed by atoms with Crippen molar-refractivity contribution in [1.29, 1.82) is 0 Å². The number of H-pyrrole nitrogens is 1. The summed E-state index contributed by atoms with van der Waals surface area (Å²) in [7, 11) is 0. The van der Waals surface area contributed by atoms with Crippen molar-refractivity contribution >= 4 is 17.7 Å². The molecule has 1 heterocycles. The predicted molar refractivity (Wildman–Crippen MR) is 55.5 cm³/mol. The second-order valence-corrected chi connectivity index (χ2v) is 4.60. The van der Waals surface area contributed by atoms with Crippen molar-refractivity contribution in [3.05, 3.63) is 5.82 Å². The maximum Gasteiger partial charge on any atom is 0.405 e. The summed E-state index contributed by atoms with van der Waals surface area (Å²) >= 11 is 0.990. The summed E-state index contributed by atoms with van der Waals surface area (Å²) in [4.78, 5) is 15.2. The van der Waals surface area contributed by atoms with Gasteiger partial charge in [0.1, 0.15) is 12.4 Å². The number of hydrogen-bond donors (Lipinski definition) is 2. The summed E-state index contributed by atoms with van der Waals surface area (Å²) in [6.07, 6.45) is -4.40. The van der Waals surface area contributed by atoms with Gasteiger partial charge in [-0.15, -0.1) is 5.10 Å². The first kappa shape index (κ1) is 13.8. The lowest BCUT2D eigenvalue weighted by Gasteiger charge is -2.11. The van der Waals surface area contributed by atoms with Gasteiger partial charge < -0.3 is 5.32 Å². The quantitative estimate of drug-likeness (QED) is 0.807. The van der Waals surface area contributed by atoms with Gasteiger partial charge in [-0.3, -0.25) is 9.89 Å². The minimum absolute atomic E-state index is 0.331. The Bertz CT molecular complexity index is 392. The van der Waals surface area contributed by atoms with Gasteiger partial charge in [0.2, 0.25) is 11.1 Å². The summed E-state index contributed by atoms with van der Waals surface area (Å²) < 4.78 is 35.6. The van der Waals surface area contributed by atoms with Crippen LogP contribution in [0.4, 0.5) is 13.2 Å². The lowest BCUT2D eigenvalue weighted by Crippen LogP contribution is -2.38. The summed E-state index contributed by atoms with van der Waals surface area (Å²) in [5.74, 6) is -0.120. The molecule has 0 aromatic carbocycles. The molecule has 1 amide bonds. The third-order valence-corrected chi connectivity index (χ3v) is 2.65. The number of carbonyl (C=O) groups excluding carboxylic acids is 1. The van der Waals surface area contributed by atoms with Crippen LogP contribution in [-0.2, 0) is 4.79 Å². The maximum atomic E-state index is 11.9. The van der Waals surface area contributed by atoms with Crippen molar-refractivity contribution in [2.45, 2.75) is 30.4 Å². The normalized spacial score (nSPS) is 13.5. The fraction of sp³-hybridized carbons (Fsp3) is 0.625. The number of aromatic nitrogens is 3. The molecule has 1 atom stereocenters. The third kappa shape index (κ3) is 5.07. The van der Waals surface area contributed by atoms with E-state index in [1.165, 1.54) is 6.92 Å². The van der Waals surface area contributed by atoms with E-state index < -0.39 is 23.9 Å². The maximum absolute atomic E-state index is 11.9. The van der Waals surface area contributed by atoms with Crippen LogP contribution in [0.5, 0.6) is 0 Å². The number of rotatable bonds is 4. The number of aromatic amines is 1. The average molecular weight is 268 g/mol. The van der Waals surface area contributed by atoms with Gasteiger partial charge >= 0.3 is 6.18 Å². The van der Waals surface area contributed by atoms with E-state index in [1.54, 1.807) is 12.2 Å². The highest BCUT2D eigenvalue weighted by atomic mass is 32.2. The van der Waals surface area contributed by atoms with Gasteiger partial charge in [-0.1, -0.05) is 11.8 Å². The van der Waals surface area contributed by atoms with Crippen LogP contribution in [0.1, 0.15) is 12.7 Å². The molecule has 0 bridgehead atoms. The van der Waals surface area contributed by atoms with E-state index in [0.29, 0.717) is 11.0 Å². The fourth-order valence-corrected chi connectivity index (χ4v) is 1.71. The third-order valence-electron chi connectivity index (χ3n) is 1.69. The molecule has 0 saturated heterocycles. The number of carbonyl (C=O) groups is 1. The van der Waals surface area contributed by atoms with Crippen molar-refractivity contribution in [2.24, 2.45) is 0 Å². The molecule has 96 valence electrons. The second kappa shape index (κ2) is 5.39. The Hall–Kier alpha value is -1.25. The standard InChI is InChI=1S/C8H11F3N4OS/c1-4(6(16)12-3-8(9,10)11)17-7-13-5(2)14-15-7/h4H,3H2,1-2H3,(H,12,16)(H,13,14,15). The van der Waals surface area contributed by atoms with Crippen LogP contribution >= 0.6 is 11.8 Å². The Morgan fingerprint density at radius 1 is 1.59 bits per heavy atom. The number of hydrogen-bond acceptors (Lipinski definition) is 4. The number of aryl methyl sites for hydroxylation is 1. The molecular formula is C8H11F3N4OS. The molecule has 1 unspecified atom stereocenters. The predicted octanol–water partition coefficient (Wildman–Crippen LogP) is 1.27. The van der Waals surface area contributed by atoms with Crippen LogP contribution < -0.4 is 5.32 Å². The van der Waals surface area contributed by atoms with Crippen molar-refractivity contribution < 1.29 is 18.0 Å². The van der Waals surface area contributed by atoms with Crippen LogP contribution in [0, 0.1) is 6.92 Å². The molecule has 17 heavy (non-hydrogen) atoms. The Kier molecular flexibility index (Phi) is 4.38. The largest absolute Gasteiger partial charge is 0.405 e. The lowest BCUT2D eigenvalue weighted by atomic mass is 10.4. The first-order valence-electron chi connectivity index (χ1n) is 4.68. The first-order chi connectivity index (χ1) is 7.78.